The Morgan fingerprint density at radius 2 is 2.00 bits per heavy atom. The van der Waals surface area contributed by atoms with Crippen LogP contribution in [0.2, 0.25) is 0 Å². The normalized spacial score (nSPS) is 24.5. The van der Waals surface area contributed by atoms with Gasteiger partial charge in [0.2, 0.25) is 0 Å². The molecule has 4 heteroatoms. The van der Waals surface area contributed by atoms with Crippen LogP contribution in [0, 0.1) is 11.3 Å². The lowest BCUT2D eigenvalue weighted by atomic mass is 9.74. The Morgan fingerprint density at radius 3 is 2.38 bits per heavy atom. The Labute approximate surface area is 97.0 Å². The molecule has 4 nitrogen and oxygen atoms in total. The summed E-state index contributed by atoms with van der Waals surface area (Å²) >= 11 is 0. The molecule has 1 aliphatic carbocycles. The molecule has 0 bridgehead atoms. The van der Waals surface area contributed by atoms with Crippen molar-refractivity contribution in [2.24, 2.45) is 11.3 Å². The van der Waals surface area contributed by atoms with Crippen molar-refractivity contribution in [3.05, 3.63) is 12.2 Å². The molecule has 0 spiro atoms. The van der Waals surface area contributed by atoms with E-state index in [0.29, 0.717) is 12.8 Å². The molecule has 0 aromatic heterocycles. The summed E-state index contributed by atoms with van der Waals surface area (Å²) in [5, 5.41) is 0. The summed E-state index contributed by atoms with van der Waals surface area (Å²) in [6.45, 7) is 4.09. The molecule has 1 saturated carbocycles. The molecule has 0 saturated heterocycles. The van der Waals surface area contributed by atoms with E-state index in [2.05, 4.69) is 6.58 Å². The summed E-state index contributed by atoms with van der Waals surface area (Å²) in [5.74, 6) is -1.10. The van der Waals surface area contributed by atoms with E-state index >= 15 is 0 Å². The van der Waals surface area contributed by atoms with Gasteiger partial charge in [-0.15, -0.1) is 0 Å². The van der Waals surface area contributed by atoms with Crippen LogP contribution in [-0.2, 0) is 19.1 Å². The maximum Gasteiger partial charge on any atom is 0.323 e. The van der Waals surface area contributed by atoms with Crippen molar-refractivity contribution < 1.29 is 20.4 Å². The average molecular weight is 228 g/mol. The Hall–Kier alpha value is -1.32. The van der Waals surface area contributed by atoms with Gasteiger partial charge in [-0.25, -0.2) is 0 Å². The first-order valence-corrected chi connectivity index (χ1v) is 5.15. The first-order valence-electron chi connectivity index (χ1n) is 5.86. The lowest BCUT2D eigenvalue weighted by Gasteiger charge is -2.35. The minimum Gasteiger partial charge on any atom is -0.468 e. The van der Waals surface area contributed by atoms with Gasteiger partial charge in [-0.3, -0.25) is 9.59 Å². The first kappa shape index (κ1) is 11.2. The van der Waals surface area contributed by atoms with Crippen LogP contribution in [0.15, 0.2) is 12.2 Å². The largest absolute Gasteiger partial charge is 0.468 e. The Morgan fingerprint density at radius 1 is 1.44 bits per heavy atom. The van der Waals surface area contributed by atoms with Gasteiger partial charge in [0.25, 0.3) is 0 Å². The van der Waals surface area contributed by atoms with Crippen LogP contribution < -0.4 is 0 Å². The highest BCUT2D eigenvalue weighted by molar-refractivity contribution is 6.00. The molecule has 1 aliphatic rings. The zero-order chi connectivity index (χ0) is 13.1. The van der Waals surface area contributed by atoms with Crippen molar-refractivity contribution in [3.8, 4) is 0 Å². The van der Waals surface area contributed by atoms with Crippen molar-refractivity contribution in [1.82, 2.24) is 0 Å². The minimum atomic E-state index is -1.26. The molecular weight excluding hydrogens is 209 g/mol. The van der Waals surface area contributed by atoms with Crippen molar-refractivity contribution in [3.63, 3.8) is 0 Å². The van der Waals surface area contributed by atoms with E-state index in [1.165, 1.54) is 14.2 Å². The SMILES string of the molecule is [2H]CC1[13CH2]CC(C(=O)OC)(C(=O)OC)CC1=C. The van der Waals surface area contributed by atoms with Gasteiger partial charge >= 0.3 is 11.9 Å². The van der Waals surface area contributed by atoms with Gasteiger partial charge < -0.3 is 9.47 Å². The Bertz CT molecular complexity index is 321. The molecule has 1 unspecified atom stereocenters. The number of ether oxygens (including phenoxy) is 2. The third kappa shape index (κ3) is 1.96. The summed E-state index contributed by atoms with van der Waals surface area (Å²) in [6, 6.07) is 0. The standard InChI is InChI=1S/C12H18O4/c1-8-5-6-12(7-9(8)2,10(13)15-3)11(14)16-4/h8H,2,5-7H2,1,3-4H3/i1D,5+1. The summed E-state index contributed by atoms with van der Waals surface area (Å²) in [7, 11) is 2.51. The van der Waals surface area contributed by atoms with Crippen LogP contribution in [0.5, 0.6) is 0 Å². The molecule has 90 valence electrons. The van der Waals surface area contributed by atoms with Crippen molar-refractivity contribution >= 4 is 11.9 Å². The van der Waals surface area contributed by atoms with Gasteiger partial charge in [0.15, 0.2) is 5.41 Å². The van der Waals surface area contributed by atoms with Crippen LogP contribution in [-0.4, -0.2) is 26.2 Å². The van der Waals surface area contributed by atoms with Gasteiger partial charge in [-0.05, 0) is 25.2 Å². The number of methoxy groups -OCH3 is 2. The molecule has 1 fully saturated rings. The second-order valence-corrected chi connectivity index (χ2v) is 4.14. The van der Waals surface area contributed by atoms with E-state index < -0.39 is 17.4 Å². The highest BCUT2D eigenvalue weighted by Gasteiger charge is 2.50. The summed E-state index contributed by atoms with van der Waals surface area (Å²) in [6.07, 6.45) is 1.16. The maximum atomic E-state index is 11.8. The van der Waals surface area contributed by atoms with E-state index in [-0.39, 0.29) is 19.2 Å². The van der Waals surface area contributed by atoms with E-state index in [1.54, 1.807) is 0 Å². The second-order valence-electron chi connectivity index (χ2n) is 4.14. The minimum absolute atomic E-state index is 0.0532. The van der Waals surface area contributed by atoms with E-state index in [4.69, 9.17) is 10.8 Å². The zero-order valence-corrected chi connectivity index (χ0v) is 9.75. The molecule has 0 amide bonds. The van der Waals surface area contributed by atoms with Crippen LogP contribution in [0.1, 0.15) is 27.5 Å². The first-order chi connectivity index (χ1) is 8.01. The zero-order valence-electron chi connectivity index (χ0n) is 10.7. The van der Waals surface area contributed by atoms with Gasteiger partial charge in [0, 0.05) is 1.37 Å². The molecule has 16 heavy (non-hydrogen) atoms. The predicted molar refractivity (Wildman–Crippen MR) is 58.6 cm³/mol. The molecule has 0 N–H and O–H groups in total. The number of hydrogen-bond acceptors (Lipinski definition) is 4. The summed E-state index contributed by atoms with van der Waals surface area (Å²) < 4.78 is 16.8. The van der Waals surface area contributed by atoms with Crippen LogP contribution in [0.25, 0.3) is 0 Å². The van der Waals surface area contributed by atoms with Crippen LogP contribution in [0.3, 0.4) is 0 Å². The lowest BCUT2D eigenvalue weighted by Crippen LogP contribution is -2.44. The van der Waals surface area contributed by atoms with E-state index in [1.807, 2.05) is 0 Å². The highest BCUT2D eigenvalue weighted by Crippen LogP contribution is 2.43. The van der Waals surface area contributed by atoms with Crippen LogP contribution >= 0.6 is 0 Å². The number of hydrogen-bond donors (Lipinski definition) is 0. The molecule has 0 aromatic rings. The fourth-order valence-electron chi connectivity index (χ4n) is 2.07. The third-order valence-corrected chi connectivity index (χ3v) is 3.18. The van der Waals surface area contributed by atoms with Gasteiger partial charge in [0.05, 0.1) is 14.2 Å². The number of carbonyl (C=O) groups excluding carboxylic acids is 2. The topological polar surface area (TPSA) is 52.6 Å². The highest BCUT2D eigenvalue weighted by atomic mass is 16.5. The number of rotatable bonds is 2. The summed E-state index contributed by atoms with van der Waals surface area (Å²) in [5.41, 5.74) is -0.506. The second kappa shape index (κ2) is 4.68. The molecule has 0 aliphatic heterocycles. The maximum absolute atomic E-state index is 11.8. The van der Waals surface area contributed by atoms with Gasteiger partial charge in [0.1, 0.15) is 0 Å². The molecular formula is C12H18O4. The molecule has 0 radical (unpaired) electrons. The fourth-order valence-corrected chi connectivity index (χ4v) is 2.07. The Kier molecular flexibility index (Phi) is 3.27. The van der Waals surface area contributed by atoms with E-state index in [9.17, 15) is 9.59 Å². The number of allylic oxidation sites excluding steroid dienone is 1. The quantitative estimate of drug-likeness (QED) is 0.312. The monoisotopic (exact) mass is 228 g/mol. The molecule has 0 heterocycles. The molecule has 0 aromatic carbocycles. The molecule has 1 rings (SSSR count). The van der Waals surface area contributed by atoms with Crippen LogP contribution in [0.4, 0.5) is 0 Å². The van der Waals surface area contributed by atoms with Gasteiger partial charge in [-0.2, -0.15) is 0 Å². The van der Waals surface area contributed by atoms with Crippen molar-refractivity contribution in [2.75, 3.05) is 14.2 Å². The lowest BCUT2D eigenvalue weighted by molar-refractivity contribution is -0.171. The van der Waals surface area contributed by atoms with Crippen molar-refractivity contribution in [1.29, 1.82) is 0 Å². The van der Waals surface area contributed by atoms with E-state index in [0.717, 1.165) is 5.57 Å². The Balaban J connectivity index is 2.99. The number of carbonyl (C=O) groups is 2. The average Bonchev–Trinajstić information content (AvgIpc) is 2.36. The smallest absolute Gasteiger partial charge is 0.323 e. The third-order valence-electron chi connectivity index (χ3n) is 3.18. The van der Waals surface area contributed by atoms with Crippen molar-refractivity contribution in [2.45, 2.75) is 26.2 Å². The fraction of sp³-hybridized carbons (Fsp3) is 0.667. The molecule has 1 atom stereocenters. The van der Waals surface area contributed by atoms with Gasteiger partial charge in [-0.1, -0.05) is 19.1 Å². The number of esters is 2. The summed E-state index contributed by atoms with van der Waals surface area (Å²) in [4.78, 5) is 23.6. The predicted octanol–water partition coefficient (Wildman–Crippen LogP) is 1.70.